The van der Waals surface area contributed by atoms with Gasteiger partial charge in [-0.15, -0.1) is 0 Å². The van der Waals surface area contributed by atoms with Crippen LogP contribution in [0.5, 0.6) is 5.88 Å². The lowest BCUT2D eigenvalue weighted by atomic mass is 10.1. The predicted octanol–water partition coefficient (Wildman–Crippen LogP) is 1.84. The van der Waals surface area contributed by atoms with Crippen molar-refractivity contribution in [3.05, 3.63) is 24.4 Å². The summed E-state index contributed by atoms with van der Waals surface area (Å²) in [5.41, 5.74) is 7.63. The summed E-state index contributed by atoms with van der Waals surface area (Å²) in [6, 6.07) is 5.81. The van der Waals surface area contributed by atoms with Crippen molar-refractivity contribution in [2.75, 3.05) is 37.5 Å². The molecule has 1 unspecified atom stereocenters. The number of fused-ring (bicyclic) bond motifs is 1. The molecule has 0 spiro atoms. The van der Waals surface area contributed by atoms with Gasteiger partial charge in [-0.2, -0.15) is 4.98 Å². The lowest BCUT2D eigenvalue weighted by Crippen LogP contribution is -2.44. The average molecular weight is 340 g/mol. The zero-order valence-electron chi connectivity index (χ0n) is 14.2. The van der Waals surface area contributed by atoms with E-state index in [0.717, 1.165) is 29.0 Å². The summed E-state index contributed by atoms with van der Waals surface area (Å²) in [7, 11) is 1.59. The summed E-state index contributed by atoms with van der Waals surface area (Å²) in [6.07, 6.45) is 1.83. The third-order valence-electron chi connectivity index (χ3n) is 4.35. The Morgan fingerprint density at radius 3 is 3.00 bits per heavy atom. The van der Waals surface area contributed by atoms with Crippen molar-refractivity contribution >= 4 is 22.7 Å². The van der Waals surface area contributed by atoms with E-state index >= 15 is 0 Å². The summed E-state index contributed by atoms with van der Waals surface area (Å²) < 4.78 is 10.8. The number of H-pyrrole nitrogens is 1. The molecule has 0 aromatic carbocycles. The Balaban J connectivity index is 1.85. The van der Waals surface area contributed by atoms with Crippen molar-refractivity contribution in [2.24, 2.45) is 0 Å². The molecule has 4 heterocycles. The van der Waals surface area contributed by atoms with Crippen LogP contribution in [0.15, 0.2) is 24.4 Å². The Kier molecular flexibility index (Phi) is 3.89. The Morgan fingerprint density at radius 1 is 1.32 bits per heavy atom. The van der Waals surface area contributed by atoms with Crippen molar-refractivity contribution in [2.45, 2.75) is 13.0 Å². The highest BCUT2D eigenvalue weighted by molar-refractivity contribution is 5.92. The van der Waals surface area contributed by atoms with E-state index in [9.17, 15) is 0 Å². The topological polar surface area (TPSA) is 102 Å². The van der Waals surface area contributed by atoms with Crippen molar-refractivity contribution < 1.29 is 9.47 Å². The monoisotopic (exact) mass is 340 g/mol. The molecule has 8 heteroatoms. The quantitative estimate of drug-likeness (QED) is 0.750. The van der Waals surface area contributed by atoms with E-state index in [-0.39, 0.29) is 6.04 Å². The highest BCUT2D eigenvalue weighted by Crippen LogP contribution is 2.30. The molecule has 3 aromatic rings. The van der Waals surface area contributed by atoms with Crippen LogP contribution in [0.1, 0.15) is 6.92 Å². The van der Waals surface area contributed by atoms with Gasteiger partial charge in [0.25, 0.3) is 0 Å². The van der Waals surface area contributed by atoms with Gasteiger partial charge >= 0.3 is 0 Å². The summed E-state index contributed by atoms with van der Waals surface area (Å²) in [5, 5.41) is 0.923. The standard InChI is InChI=1S/C17H20N6O2/c1-10-9-25-6-5-23(10)14-8-13(18)20-17(21-14)12-7-15(24-2)22-16-11(12)3-4-19-16/h3-4,7-8,10H,5-6,9H2,1-2H3,(H,19,22)(H2,18,20,21). The van der Waals surface area contributed by atoms with E-state index in [1.165, 1.54) is 0 Å². The molecule has 0 aliphatic carbocycles. The van der Waals surface area contributed by atoms with Gasteiger partial charge in [0.1, 0.15) is 17.3 Å². The number of hydrogen-bond acceptors (Lipinski definition) is 7. The Labute approximate surface area is 145 Å². The molecular weight excluding hydrogens is 320 g/mol. The molecule has 4 rings (SSSR count). The molecule has 1 aliphatic rings. The van der Waals surface area contributed by atoms with Crippen LogP contribution in [0, 0.1) is 0 Å². The molecule has 0 saturated carbocycles. The second kappa shape index (κ2) is 6.21. The second-order valence-electron chi connectivity index (χ2n) is 6.04. The summed E-state index contributed by atoms with van der Waals surface area (Å²) in [4.78, 5) is 18.9. The second-order valence-corrected chi connectivity index (χ2v) is 6.04. The fourth-order valence-electron chi connectivity index (χ4n) is 3.09. The zero-order valence-corrected chi connectivity index (χ0v) is 14.2. The van der Waals surface area contributed by atoms with Gasteiger partial charge in [-0.3, -0.25) is 0 Å². The van der Waals surface area contributed by atoms with E-state index < -0.39 is 0 Å². The molecule has 130 valence electrons. The predicted molar refractivity (Wildman–Crippen MR) is 95.7 cm³/mol. The molecule has 1 saturated heterocycles. The molecule has 1 atom stereocenters. The maximum atomic E-state index is 6.08. The van der Waals surface area contributed by atoms with Crippen molar-refractivity contribution in [3.63, 3.8) is 0 Å². The van der Waals surface area contributed by atoms with Crippen LogP contribution in [0.25, 0.3) is 22.4 Å². The van der Waals surface area contributed by atoms with E-state index in [0.29, 0.717) is 30.7 Å². The minimum atomic E-state index is 0.232. The van der Waals surface area contributed by atoms with Crippen LogP contribution in [-0.4, -0.2) is 52.8 Å². The molecule has 8 nitrogen and oxygen atoms in total. The van der Waals surface area contributed by atoms with Crippen LogP contribution in [-0.2, 0) is 4.74 Å². The highest BCUT2D eigenvalue weighted by atomic mass is 16.5. The van der Waals surface area contributed by atoms with Gasteiger partial charge in [0.2, 0.25) is 5.88 Å². The summed E-state index contributed by atoms with van der Waals surface area (Å²) in [6.45, 7) is 4.23. The summed E-state index contributed by atoms with van der Waals surface area (Å²) >= 11 is 0. The van der Waals surface area contributed by atoms with Gasteiger partial charge in [-0.25, -0.2) is 9.97 Å². The first kappa shape index (κ1) is 15.6. The molecule has 0 amide bonds. The molecule has 0 bridgehead atoms. The van der Waals surface area contributed by atoms with Crippen LogP contribution >= 0.6 is 0 Å². The van der Waals surface area contributed by atoms with Gasteiger partial charge < -0.3 is 25.1 Å². The number of nitrogens with zero attached hydrogens (tertiary/aromatic N) is 4. The number of hydrogen-bond donors (Lipinski definition) is 2. The number of methoxy groups -OCH3 is 1. The molecule has 1 fully saturated rings. The number of rotatable bonds is 3. The third-order valence-corrected chi connectivity index (χ3v) is 4.35. The molecule has 25 heavy (non-hydrogen) atoms. The maximum Gasteiger partial charge on any atom is 0.215 e. The Morgan fingerprint density at radius 2 is 2.20 bits per heavy atom. The lowest BCUT2D eigenvalue weighted by molar-refractivity contribution is 0.0985. The van der Waals surface area contributed by atoms with Crippen molar-refractivity contribution in [3.8, 4) is 17.3 Å². The van der Waals surface area contributed by atoms with Gasteiger partial charge in [0, 0.05) is 35.8 Å². The number of nitrogens with one attached hydrogen (secondary N) is 1. The SMILES string of the molecule is COc1cc(-c2nc(N)cc(N3CCOCC3C)n2)c2cc[nH]c2n1. The lowest BCUT2D eigenvalue weighted by Gasteiger charge is -2.34. The first-order valence-corrected chi connectivity index (χ1v) is 8.17. The smallest absolute Gasteiger partial charge is 0.215 e. The van der Waals surface area contributed by atoms with Crippen LogP contribution < -0.4 is 15.4 Å². The van der Waals surface area contributed by atoms with Crippen LogP contribution in [0.4, 0.5) is 11.6 Å². The molecular formula is C17H20N6O2. The first-order chi connectivity index (χ1) is 12.2. The van der Waals surface area contributed by atoms with Crippen molar-refractivity contribution in [1.82, 2.24) is 19.9 Å². The number of nitrogens with two attached hydrogens (primary N) is 1. The van der Waals surface area contributed by atoms with Crippen LogP contribution in [0.2, 0.25) is 0 Å². The number of aromatic nitrogens is 4. The number of nitrogen functional groups attached to an aromatic ring is 1. The van der Waals surface area contributed by atoms with E-state index in [1.54, 1.807) is 13.2 Å². The number of morpholine rings is 1. The molecule has 1 aliphatic heterocycles. The van der Waals surface area contributed by atoms with Gasteiger partial charge in [-0.05, 0) is 13.0 Å². The Hall–Kier alpha value is -2.87. The number of ether oxygens (including phenoxy) is 2. The third kappa shape index (κ3) is 2.85. The highest BCUT2D eigenvalue weighted by Gasteiger charge is 2.22. The minimum absolute atomic E-state index is 0.232. The molecule has 3 aromatic heterocycles. The van der Waals surface area contributed by atoms with E-state index in [2.05, 4.69) is 26.8 Å². The molecule has 0 radical (unpaired) electrons. The minimum Gasteiger partial charge on any atom is -0.481 e. The first-order valence-electron chi connectivity index (χ1n) is 8.17. The van der Waals surface area contributed by atoms with Gasteiger partial charge in [0.05, 0.1) is 26.4 Å². The van der Waals surface area contributed by atoms with Gasteiger partial charge in [-0.1, -0.05) is 0 Å². The largest absolute Gasteiger partial charge is 0.481 e. The zero-order chi connectivity index (χ0) is 17.4. The van der Waals surface area contributed by atoms with E-state index in [1.807, 2.05) is 18.3 Å². The number of anilines is 2. The number of aromatic amines is 1. The number of pyridine rings is 1. The fraction of sp³-hybridized carbons (Fsp3) is 0.353. The fourth-order valence-corrected chi connectivity index (χ4v) is 3.09. The van der Waals surface area contributed by atoms with Crippen molar-refractivity contribution in [1.29, 1.82) is 0 Å². The van der Waals surface area contributed by atoms with Crippen LogP contribution in [0.3, 0.4) is 0 Å². The van der Waals surface area contributed by atoms with Gasteiger partial charge in [0.15, 0.2) is 5.82 Å². The Bertz CT molecular complexity index is 909. The normalized spacial score (nSPS) is 17.8. The molecule has 3 N–H and O–H groups in total. The average Bonchev–Trinajstić information content (AvgIpc) is 3.09. The maximum absolute atomic E-state index is 6.08. The summed E-state index contributed by atoms with van der Waals surface area (Å²) in [5.74, 6) is 2.28. The van der Waals surface area contributed by atoms with E-state index in [4.69, 9.17) is 20.2 Å².